The average molecular weight is 370 g/mol. The number of aryl methyl sites for hydroxylation is 1. The first-order valence-corrected chi connectivity index (χ1v) is 10.7. The standard InChI is InChI=1S/C23H31NO3/c1-13-21-20(27-24-13)12-19-17-6-5-15-11-16(26-14(2)25)7-9-22(15,3)18(17)8-10-23(19,21)4/h5,16-19H,6-12H2,1-4H3/t16-,17-,18-,19+,22-,23-/m0/s1. The van der Waals surface area contributed by atoms with Gasteiger partial charge in [0.15, 0.2) is 0 Å². The number of aromatic nitrogens is 1. The van der Waals surface area contributed by atoms with Gasteiger partial charge in [-0.25, -0.2) is 0 Å². The maximum Gasteiger partial charge on any atom is 0.302 e. The molecule has 4 heteroatoms. The van der Waals surface area contributed by atoms with E-state index in [1.165, 1.54) is 31.7 Å². The molecule has 27 heavy (non-hydrogen) atoms. The van der Waals surface area contributed by atoms with Crippen LogP contribution in [0.1, 0.15) is 76.3 Å². The van der Waals surface area contributed by atoms with Gasteiger partial charge in [-0.2, -0.15) is 0 Å². The summed E-state index contributed by atoms with van der Waals surface area (Å²) in [7, 11) is 0. The van der Waals surface area contributed by atoms with Crippen molar-refractivity contribution in [1.29, 1.82) is 0 Å². The highest BCUT2D eigenvalue weighted by molar-refractivity contribution is 5.66. The van der Waals surface area contributed by atoms with Crippen LogP contribution in [0.4, 0.5) is 0 Å². The van der Waals surface area contributed by atoms with Gasteiger partial charge in [-0.1, -0.05) is 30.7 Å². The van der Waals surface area contributed by atoms with Crippen LogP contribution < -0.4 is 0 Å². The third-order valence-electron chi connectivity index (χ3n) is 8.69. The highest BCUT2D eigenvalue weighted by Gasteiger charge is 2.59. The largest absolute Gasteiger partial charge is 0.462 e. The van der Waals surface area contributed by atoms with Crippen molar-refractivity contribution in [2.75, 3.05) is 0 Å². The summed E-state index contributed by atoms with van der Waals surface area (Å²) < 4.78 is 11.3. The van der Waals surface area contributed by atoms with Crippen molar-refractivity contribution in [2.45, 2.75) is 84.2 Å². The second-order valence-electron chi connectivity index (χ2n) is 9.96. The van der Waals surface area contributed by atoms with Gasteiger partial charge in [0.2, 0.25) is 0 Å². The Bertz CT molecular complexity index is 824. The van der Waals surface area contributed by atoms with Crippen LogP contribution in [0.25, 0.3) is 0 Å². The zero-order chi connectivity index (χ0) is 19.0. The van der Waals surface area contributed by atoms with E-state index in [9.17, 15) is 4.79 Å². The summed E-state index contributed by atoms with van der Waals surface area (Å²) in [5, 5.41) is 4.26. The first-order valence-electron chi connectivity index (χ1n) is 10.7. The number of rotatable bonds is 1. The van der Waals surface area contributed by atoms with Crippen LogP contribution in [0, 0.1) is 30.1 Å². The molecule has 0 spiro atoms. The average Bonchev–Trinajstić information content (AvgIpc) is 3.12. The molecule has 2 saturated carbocycles. The number of allylic oxidation sites excluding steroid dienone is 1. The van der Waals surface area contributed by atoms with Gasteiger partial charge in [-0.15, -0.1) is 0 Å². The van der Waals surface area contributed by atoms with Crippen molar-refractivity contribution in [3.63, 3.8) is 0 Å². The minimum atomic E-state index is -0.144. The predicted molar refractivity (Wildman–Crippen MR) is 102 cm³/mol. The van der Waals surface area contributed by atoms with Crippen LogP contribution in [-0.2, 0) is 21.4 Å². The van der Waals surface area contributed by atoms with E-state index in [1.54, 1.807) is 5.57 Å². The molecule has 146 valence electrons. The summed E-state index contributed by atoms with van der Waals surface area (Å²) in [5.41, 5.74) is 4.59. The number of nitrogens with zero attached hydrogens (tertiary/aromatic N) is 1. The lowest BCUT2D eigenvalue weighted by Crippen LogP contribution is -2.51. The molecule has 0 radical (unpaired) electrons. The lowest BCUT2D eigenvalue weighted by molar-refractivity contribution is -0.148. The Morgan fingerprint density at radius 2 is 1.96 bits per heavy atom. The second-order valence-corrected chi connectivity index (χ2v) is 9.96. The number of carbonyl (C=O) groups is 1. The fourth-order valence-corrected chi connectivity index (χ4v) is 7.46. The molecule has 4 aliphatic rings. The van der Waals surface area contributed by atoms with Crippen LogP contribution in [0.15, 0.2) is 16.2 Å². The van der Waals surface area contributed by atoms with Crippen molar-refractivity contribution >= 4 is 5.97 Å². The molecule has 6 atom stereocenters. The molecule has 1 aromatic heterocycles. The van der Waals surface area contributed by atoms with E-state index in [0.717, 1.165) is 49.0 Å². The predicted octanol–water partition coefficient (Wildman–Crippen LogP) is 4.89. The molecule has 0 aliphatic heterocycles. The summed E-state index contributed by atoms with van der Waals surface area (Å²) in [6, 6.07) is 0. The van der Waals surface area contributed by atoms with Gasteiger partial charge in [0.05, 0.1) is 5.69 Å². The summed E-state index contributed by atoms with van der Waals surface area (Å²) in [6.07, 6.45) is 10.4. The minimum Gasteiger partial charge on any atom is -0.462 e. The fourth-order valence-electron chi connectivity index (χ4n) is 7.46. The molecule has 0 aromatic carbocycles. The van der Waals surface area contributed by atoms with E-state index in [1.807, 2.05) is 0 Å². The van der Waals surface area contributed by atoms with E-state index in [-0.39, 0.29) is 22.9 Å². The normalized spacial score (nSPS) is 42.4. The second kappa shape index (κ2) is 5.71. The van der Waals surface area contributed by atoms with E-state index in [4.69, 9.17) is 9.26 Å². The number of esters is 1. The Kier molecular flexibility index (Phi) is 3.71. The fraction of sp³-hybridized carbons (Fsp3) is 0.739. The van der Waals surface area contributed by atoms with Crippen LogP contribution in [0.5, 0.6) is 0 Å². The number of carbonyl (C=O) groups excluding carboxylic acids is 1. The van der Waals surface area contributed by atoms with E-state index in [2.05, 4.69) is 32.0 Å². The third kappa shape index (κ3) is 2.34. The molecule has 5 rings (SSSR count). The topological polar surface area (TPSA) is 52.3 Å². The number of hydrogen-bond donors (Lipinski definition) is 0. The van der Waals surface area contributed by atoms with Crippen molar-refractivity contribution < 1.29 is 14.1 Å². The smallest absolute Gasteiger partial charge is 0.302 e. The molecule has 0 N–H and O–H groups in total. The van der Waals surface area contributed by atoms with Crippen molar-refractivity contribution in [1.82, 2.24) is 5.16 Å². The molecular formula is C23H31NO3. The number of hydrogen-bond acceptors (Lipinski definition) is 4. The maximum atomic E-state index is 11.4. The number of ether oxygens (including phenoxy) is 1. The molecule has 0 amide bonds. The van der Waals surface area contributed by atoms with E-state index < -0.39 is 0 Å². The van der Waals surface area contributed by atoms with E-state index >= 15 is 0 Å². The van der Waals surface area contributed by atoms with Gasteiger partial charge in [0, 0.05) is 30.7 Å². The van der Waals surface area contributed by atoms with Gasteiger partial charge < -0.3 is 9.26 Å². The first kappa shape index (κ1) is 17.5. The zero-order valence-corrected chi connectivity index (χ0v) is 17.0. The summed E-state index contributed by atoms with van der Waals surface area (Å²) in [4.78, 5) is 11.4. The van der Waals surface area contributed by atoms with E-state index in [0.29, 0.717) is 5.92 Å². The van der Waals surface area contributed by atoms with Crippen LogP contribution in [-0.4, -0.2) is 17.2 Å². The Balaban J connectivity index is 1.45. The zero-order valence-electron chi connectivity index (χ0n) is 17.0. The van der Waals surface area contributed by atoms with Gasteiger partial charge in [0.25, 0.3) is 0 Å². The summed E-state index contributed by atoms with van der Waals surface area (Å²) in [6.45, 7) is 8.59. The Morgan fingerprint density at radius 3 is 2.74 bits per heavy atom. The molecule has 4 nitrogen and oxygen atoms in total. The van der Waals surface area contributed by atoms with Gasteiger partial charge >= 0.3 is 5.97 Å². The first-order chi connectivity index (χ1) is 12.8. The molecule has 0 unspecified atom stereocenters. The highest BCUT2D eigenvalue weighted by atomic mass is 16.5. The van der Waals surface area contributed by atoms with Gasteiger partial charge in [-0.05, 0) is 62.2 Å². The molecule has 1 aromatic rings. The molecule has 4 aliphatic carbocycles. The van der Waals surface area contributed by atoms with Crippen LogP contribution in [0.2, 0.25) is 0 Å². The van der Waals surface area contributed by atoms with Gasteiger partial charge in [0.1, 0.15) is 11.9 Å². The van der Waals surface area contributed by atoms with Crippen molar-refractivity contribution in [3.8, 4) is 0 Å². The molecule has 0 bridgehead atoms. The monoisotopic (exact) mass is 369 g/mol. The van der Waals surface area contributed by atoms with Crippen molar-refractivity contribution in [2.24, 2.45) is 23.2 Å². The lowest BCUT2D eigenvalue weighted by Gasteiger charge is -2.57. The molecular weight excluding hydrogens is 338 g/mol. The third-order valence-corrected chi connectivity index (χ3v) is 8.69. The summed E-state index contributed by atoms with van der Waals surface area (Å²) >= 11 is 0. The SMILES string of the molecule is CC(=O)O[C@H]1CC[C@@]2(C)C(=CC[C@@H]3[C@H]4Cc5onc(C)c5[C@@]4(C)CC[C@@H]32)C1. The lowest BCUT2D eigenvalue weighted by atomic mass is 9.47. The van der Waals surface area contributed by atoms with Crippen LogP contribution >= 0.6 is 0 Å². The molecule has 2 fully saturated rings. The highest BCUT2D eigenvalue weighted by Crippen LogP contribution is 2.64. The Hall–Kier alpha value is -1.58. The maximum absolute atomic E-state index is 11.4. The Labute approximate surface area is 161 Å². The summed E-state index contributed by atoms with van der Waals surface area (Å²) in [5.74, 6) is 3.15. The Morgan fingerprint density at radius 1 is 1.19 bits per heavy atom. The quantitative estimate of drug-likeness (QED) is 0.522. The van der Waals surface area contributed by atoms with Gasteiger partial charge in [-0.3, -0.25) is 4.79 Å². The van der Waals surface area contributed by atoms with Crippen LogP contribution in [0.3, 0.4) is 0 Å². The number of fused-ring (bicyclic) bond motifs is 7. The molecule has 1 heterocycles. The minimum absolute atomic E-state index is 0.0800. The molecule has 0 saturated heterocycles. The van der Waals surface area contributed by atoms with Crippen molar-refractivity contribution in [3.05, 3.63) is 28.7 Å².